The minimum atomic E-state index is -0.922. The first-order valence-electron chi connectivity index (χ1n) is 8.89. The molecule has 148 valence electrons. The maximum Gasteiger partial charge on any atom is 0.411 e. The number of nitrogens with one attached hydrogen (secondary N) is 1. The third-order valence-electron chi connectivity index (χ3n) is 4.71. The van der Waals surface area contributed by atoms with Crippen LogP contribution in [0.25, 0.3) is 11.1 Å². The quantitative estimate of drug-likeness (QED) is 0.671. The molecule has 2 aromatic carbocycles. The number of carbonyl (C=O) groups excluding carboxylic acids is 1. The summed E-state index contributed by atoms with van der Waals surface area (Å²) in [5, 5.41) is 11.6. The molecule has 3 rings (SSSR count). The normalized spacial score (nSPS) is 14.6. The van der Waals surface area contributed by atoms with Crippen LogP contribution < -0.4 is 5.32 Å². The van der Waals surface area contributed by atoms with Crippen LogP contribution in [0.3, 0.4) is 0 Å². The molecular formula is C20H20BrFN2O4. The molecule has 28 heavy (non-hydrogen) atoms. The molecule has 6 nitrogen and oxygen atoms in total. The van der Waals surface area contributed by atoms with Crippen molar-refractivity contribution in [2.45, 2.75) is 12.8 Å². The number of amides is 2. The molecule has 0 unspecified atom stereocenters. The Hall–Kier alpha value is -2.61. The number of ether oxygens (including phenoxy) is 1. The summed E-state index contributed by atoms with van der Waals surface area (Å²) in [5.41, 5.74) is 1.77. The summed E-state index contributed by atoms with van der Waals surface area (Å²) in [5.74, 6) is -0.275. The number of carboxylic acid groups (broad SMARTS) is 1. The fourth-order valence-electron chi connectivity index (χ4n) is 3.12. The largest absolute Gasteiger partial charge is 0.465 e. The molecule has 1 saturated heterocycles. The van der Waals surface area contributed by atoms with Crippen molar-refractivity contribution in [3.05, 3.63) is 52.8 Å². The highest BCUT2D eigenvalue weighted by atomic mass is 79.9. The SMILES string of the molecule is O=C(Nc1ccc(F)cc1-c1ccc(Br)cc1)OCC1CCN(C(=O)O)CC1. The maximum absolute atomic E-state index is 13.7. The summed E-state index contributed by atoms with van der Waals surface area (Å²) in [4.78, 5) is 24.5. The summed E-state index contributed by atoms with van der Waals surface area (Å²) >= 11 is 3.36. The monoisotopic (exact) mass is 450 g/mol. The zero-order chi connectivity index (χ0) is 20.1. The Morgan fingerprint density at radius 2 is 1.86 bits per heavy atom. The molecule has 0 bridgehead atoms. The molecule has 1 fully saturated rings. The Labute approximate surface area is 170 Å². The van der Waals surface area contributed by atoms with E-state index >= 15 is 0 Å². The number of piperidine rings is 1. The van der Waals surface area contributed by atoms with Crippen molar-refractivity contribution in [2.75, 3.05) is 25.0 Å². The van der Waals surface area contributed by atoms with E-state index in [1.54, 1.807) is 0 Å². The number of halogens is 2. The molecule has 0 atom stereocenters. The minimum absolute atomic E-state index is 0.125. The first-order valence-corrected chi connectivity index (χ1v) is 9.69. The molecular weight excluding hydrogens is 431 g/mol. The van der Waals surface area contributed by atoms with Crippen molar-refractivity contribution >= 4 is 33.8 Å². The second-order valence-corrected chi connectivity index (χ2v) is 7.55. The van der Waals surface area contributed by atoms with Gasteiger partial charge in [0, 0.05) is 23.1 Å². The molecule has 1 heterocycles. The number of nitrogens with zero attached hydrogens (tertiary/aromatic N) is 1. The van der Waals surface area contributed by atoms with Crippen molar-refractivity contribution in [1.82, 2.24) is 4.90 Å². The predicted molar refractivity (Wildman–Crippen MR) is 107 cm³/mol. The number of rotatable bonds is 4. The van der Waals surface area contributed by atoms with Crippen LogP contribution in [-0.2, 0) is 4.74 Å². The topological polar surface area (TPSA) is 78.9 Å². The second kappa shape index (κ2) is 9.05. The Balaban J connectivity index is 1.60. The summed E-state index contributed by atoms with van der Waals surface area (Å²) in [6.07, 6.45) is -0.236. The van der Waals surface area contributed by atoms with Gasteiger partial charge in [-0.15, -0.1) is 0 Å². The van der Waals surface area contributed by atoms with Gasteiger partial charge < -0.3 is 14.7 Å². The number of carbonyl (C=O) groups is 2. The van der Waals surface area contributed by atoms with Crippen LogP contribution in [0.15, 0.2) is 46.9 Å². The van der Waals surface area contributed by atoms with Crippen molar-refractivity contribution < 1.29 is 23.8 Å². The van der Waals surface area contributed by atoms with E-state index in [9.17, 15) is 14.0 Å². The molecule has 0 aliphatic carbocycles. The van der Waals surface area contributed by atoms with Gasteiger partial charge in [-0.3, -0.25) is 5.32 Å². The fourth-order valence-corrected chi connectivity index (χ4v) is 3.39. The van der Waals surface area contributed by atoms with Crippen LogP contribution in [0.2, 0.25) is 0 Å². The highest BCUT2D eigenvalue weighted by molar-refractivity contribution is 9.10. The van der Waals surface area contributed by atoms with Crippen LogP contribution >= 0.6 is 15.9 Å². The lowest BCUT2D eigenvalue weighted by Crippen LogP contribution is -2.38. The molecule has 0 aromatic heterocycles. The lowest BCUT2D eigenvalue weighted by Gasteiger charge is -2.29. The van der Waals surface area contributed by atoms with Gasteiger partial charge in [0.25, 0.3) is 0 Å². The smallest absolute Gasteiger partial charge is 0.411 e. The van der Waals surface area contributed by atoms with Crippen LogP contribution in [-0.4, -0.2) is 41.9 Å². The lowest BCUT2D eigenvalue weighted by molar-refractivity contribution is 0.0948. The van der Waals surface area contributed by atoms with Gasteiger partial charge in [0.05, 0.1) is 12.3 Å². The highest BCUT2D eigenvalue weighted by Crippen LogP contribution is 2.30. The summed E-state index contributed by atoms with van der Waals surface area (Å²) in [6.45, 7) is 1.10. The summed E-state index contributed by atoms with van der Waals surface area (Å²) in [6, 6.07) is 11.5. The van der Waals surface area contributed by atoms with Gasteiger partial charge in [-0.2, -0.15) is 0 Å². The molecule has 1 aliphatic rings. The van der Waals surface area contributed by atoms with Gasteiger partial charge in [-0.1, -0.05) is 28.1 Å². The Morgan fingerprint density at radius 1 is 1.18 bits per heavy atom. The van der Waals surface area contributed by atoms with E-state index in [2.05, 4.69) is 21.2 Å². The van der Waals surface area contributed by atoms with E-state index in [0.717, 1.165) is 10.0 Å². The average molecular weight is 451 g/mol. The third-order valence-corrected chi connectivity index (χ3v) is 5.24. The van der Waals surface area contributed by atoms with Crippen molar-refractivity contribution in [2.24, 2.45) is 5.92 Å². The van der Waals surface area contributed by atoms with E-state index in [1.165, 1.54) is 23.1 Å². The first-order chi connectivity index (χ1) is 13.4. The Morgan fingerprint density at radius 3 is 2.50 bits per heavy atom. The van der Waals surface area contributed by atoms with Gasteiger partial charge in [0.1, 0.15) is 5.82 Å². The van der Waals surface area contributed by atoms with Gasteiger partial charge in [-0.25, -0.2) is 14.0 Å². The number of hydrogen-bond acceptors (Lipinski definition) is 3. The molecule has 8 heteroatoms. The fraction of sp³-hybridized carbons (Fsp3) is 0.300. The predicted octanol–water partition coefficient (Wildman–Crippen LogP) is 5.19. The Bertz CT molecular complexity index is 852. The van der Waals surface area contributed by atoms with Crippen LogP contribution in [0, 0.1) is 11.7 Å². The average Bonchev–Trinajstić information content (AvgIpc) is 2.69. The van der Waals surface area contributed by atoms with Crippen molar-refractivity contribution in [3.63, 3.8) is 0 Å². The Kier molecular flexibility index (Phi) is 6.51. The first kappa shape index (κ1) is 20.1. The van der Waals surface area contributed by atoms with E-state index in [4.69, 9.17) is 9.84 Å². The highest BCUT2D eigenvalue weighted by Gasteiger charge is 2.23. The molecule has 2 N–H and O–H groups in total. The minimum Gasteiger partial charge on any atom is -0.465 e. The van der Waals surface area contributed by atoms with Gasteiger partial charge in [-0.05, 0) is 54.7 Å². The van der Waals surface area contributed by atoms with Gasteiger partial charge in [0.2, 0.25) is 0 Å². The number of hydrogen-bond donors (Lipinski definition) is 2. The standard InChI is InChI=1S/C20H20BrFN2O4/c21-15-3-1-14(2-4-15)17-11-16(22)5-6-18(17)23-19(25)28-12-13-7-9-24(10-8-13)20(26)27/h1-6,11,13H,7-10,12H2,(H,23,25)(H,26,27). The zero-order valence-corrected chi connectivity index (χ0v) is 16.6. The van der Waals surface area contributed by atoms with Crippen molar-refractivity contribution in [1.29, 1.82) is 0 Å². The molecule has 0 spiro atoms. The van der Waals surface area contributed by atoms with Gasteiger partial charge >= 0.3 is 12.2 Å². The second-order valence-electron chi connectivity index (χ2n) is 6.63. The van der Waals surface area contributed by atoms with Crippen LogP contribution in [0.5, 0.6) is 0 Å². The molecule has 1 aliphatic heterocycles. The van der Waals surface area contributed by atoms with Crippen LogP contribution in [0.4, 0.5) is 19.7 Å². The third kappa shape index (κ3) is 5.22. The summed E-state index contributed by atoms with van der Waals surface area (Å²) < 4.78 is 19.9. The zero-order valence-electron chi connectivity index (χ0n) is 15.0. The van der Waals surface area contributed by atoms with E-state index in [-0.39, 0.29) is 12.5 Å². The van der Waals surface area contributed by atoms with E-state index in [0.29, 0.717) is 37.2 Å². The molecule has 2 amide bonds. The molecule has 0 radical (unpaired) electrons. The number of anilines is 1. The van der Waals surface area contributed by atoms with Crippen LogP contribution in [0.1, 0.15) is 12.8 Å². The molecule has 0 saturated carbocycles. The molecule has 2 aromatic rings. The van der Waals surface area contributed by atoms with Crippen molar-refractivity contribution in [3.8, 4) is 11.1 Å². The van der Waals surface area contributed by atoms with E-state index < -0.39 is 18.0 Å². The van der Waals surface area contributed by atoms with E-state index in [1.807, 2.05) is 24.3 Å². The number of likely N-dealkylation sites (tertiary alicyclic amines) is 1. The maximum atomic E-state index is 13.7. The number of benzene rings is 2. The lowest BCUT2D eigenvalue weighted by atomic mass is 9.98. The van der Waals surface area contributed by atoms with Gasteiger partial charge in [0.15, 0.2) is 0 Å². The summed E-state index contributed by atoms with van der Waals surface area (Å²) in [7, 11) is 0.